The molecule has 0 aliphatic carbocycles. The molecule has 0 atom stereocenters. The molecule has 0 fully saturated rings. The van der Waals surface area contributed by atoms with Gasteiger partial charge >= 0.3 is 0 Å². The van der Waals surface area contributed by atoms with Gasteiger partial charge in [-0.3, -0.25) is 4.68 Å². The van der Waals surface area contributed by atoms with Crippen LogP contribution in [-0.4, -0.2) is 27.4 Å². The first-order valence-electron chi connectivity index (χ1n) is 5.15. The van der Waals surface area contributed by atoms with Crippen LogP contribution in [-0.2, 0) is 13.6 Å². The van der Waals surface area contributed by atoms with Crippen LogP contribution in [0.2, 0.25) is 0 Å². The third kappa shape index (κ3) is 4.62. The van der Waals surface area contributed by atoms with Crippen molar-refractivity contribution in [1.82, 2.24) is 20.3 Å². The monoisotopic (exact) mass is 230 g/mol. The first kappa shape index (κ1) is 12.5. The number of nitrogens with zero attached hydrogens (tertiary/aromatic N) is 3. The third-order valence-electron chi connectivity index (χ3n) is 2.33. The molecule has 0 unspecified atom stereocenters. The van der Waals surface area contributed by atoms with Crippen molar-refractivity contribution in [2.75, 3.05) is 12.4 Å². The second-order valence-corrected chi connectivity index (χ2v) is 4.97. The van der Waals surface area contributed by atoms with Gasteiger partial charge in [0.1, 0.15) is 0 Å². The highest BCUT2D eigenvalue weighted by Gasteiger charge is 2.16. The van der Waals surface area contributed by atoms with E-state index in [0.717, 1.165) is 25.2 Å². The second-order valence-electron chi connectivity index (χ2n) is 4.59. The highest BCUT2D eigenvalue weighted by molar-refractivity contribution is 6.17. The maximum atomic E-state index is 5.73. The molecule has 5 heteroatoms. The molecule has 0 aromatic carbocycles. The van der Waals surface area contributed by atoms with E-state index >= 15 is 0 Å². The van der Waals surface area contributed by atoms with Crippen LogP contribution in [0.1, 0.15) is 26.0 Å². The van der Waals surface area contributed by atoms with E-state index in [1.165, 1.54) is 0 Å². The van der Waals surface area contributed by atoms with Gasteiger partial charge in [-0.25, -0.2) is 0 Å². The summed E-state index contributed by atoms with van der Waals surface area (Å²) in [6.45, 7) is 6.12. The van der Waals surface area contributed by atoms with E-state index < -0.39 is 0 Å². The van der Waals surface area contributed by atoms with Gasteiger partial charge in [0.15, 0.2) is 0 Å². The molecule has 86 valence electrons. The number of rotatable bonds is 6. The molecule has 1 aromatic rings. The minimum absolute atomic E-state index is 0.240. The number of aryl methyl sites for hydroxylation is 1. The number of alkyl halides is 1. The van der Waals surface area contributed by atoms with Gasteiger partial charge in [-0.2, -0.15) is 0 Å². The predicted octanol–water partition coefficient (Wildman–Crippen LogP) is 1.56. The zero-order valence-corrected chi connectivity index (χ0v) is 10.4. The molecule has 0 radical (unpaired) electrons. The van der Waals surface area contributed by atoms with Gasteiger partial charge in [0.05, 0.1) is 5.69 Å². The summed E-state index contributed by atoms with van der Waals surface area (Å²) in [7, 11) is 1.87. The molecule has 1 aromatic heterocycles. The second kappa shape index (κ2) is 5.47. The van der Waals surface area contributed by atoms with Crippen LogP contribution < -0.4 is 5.32 Å². The van der Waals surface area contributed by atoms with E-state index in [1.807, 2.05) is 13.2 Å². The summed E-state index contributed by atoms with van der Waals surface area (Å²) in [6.07, 6.45) is 2.93. The van der Waals surface area contributed by atoms with Crippen LogP contribution in [0, 0.1) is 5.41 Å². The number of hydrogen-bond donors (Lipinski definition) is 1. The van der Waals surface area contributed by atoms with Gasteiger partial charge < -0.3 is 5.32 Å². The maximum Gasteiger partial charge on any atom is 0.0964 e. The van der Waals surface area contributed by atoms with Crippen LogP contribution in [0.3, 0.4) is 0 Å². The van der Waals surface area contributed by atoms with Gasteiger partial charge in [-0.1, -0.05) is 19.1 Å². The van der Waals surface area contributed by atoms with Crippen molar-refractivity contribution in [3.05, 3.63) is 11.9 Å². The normalized spacial score (nSPS) is 12.0. The third-order valence-corrected chi connectivity index (χ3v) is 2.52. The van der Waals surface area contributed by atoms with Crippen molar-refractivity contribution in [1.29, 1.82) is 0 Å². The minimum Gasteiger partial charge on any atom is -0.311 e. The van der Waals surface area contributed by atoms with Gasteiger partial charge in [0.2, 0.25) is 0 Å². The molecule has 0 aliphatic rings. The smallest absolute Gasteiger partial charge is 0.0964 e. The van der Waals surface area contributed by atoms with E-state index in [-0.39, 0.29) is 5.41 Å². The lowest BCUT2D eigenvalue weighted by Gasteiger charge is -2.23. The summed E-state index contributed by atoms with van der Waals surface area (Å²) in [5, 5.41) is 11.2. The van der Waals surface area contributed by atoms with Gasteiger partial charge in [0.25, 0.3) is 0 Å². The molecule has 0 amide bonds. The summed E-state index contributed by atoms with van der Waals surface area (Å²) in [4.78, 5) is 0. The Morgan fingerprint density at radius 3 is 2.80 bits per heavy atom. The molecule has 0 spiro atoms. The SMILES string of the molecule is Cn1cc(CNCC(C)(C)CCCl)nn1. The highest BCUT2D eigenvalue weighted by Crippen LogP contribution is 2.19. The van der Waals surface area contributed by atoms with Crippen molar-refractivity contribution in [2.45, 2.75) is 26.8 Å². The Morgan fingerprint density at radius 2 is 2.27 bits per heavy atom. The predicted molar refractivity (Wildman–Crippen MR) is 61.8 cm³/mol. The van der Waals surface area contributed by atoms with Crippen LogP contribution >= 0.6 is 11.6 Å². The Bertz CT molecular complexity index is 295. The van der Waals surface area contributed by atoms with E-state index in [4.69, 9.17) is 11.6 Å². The highest BCUT2D eigenvalue weighted by atomic mass is 35.5. The largest absolute Gasteiger partial charge is 0.311 e. The lowest BCUT2D eigenvalue weighted by molar-refractivity contribution is 0.329. The van der Waals surface area contributed by atoms with Crippen molar-refractivity contribution in [3.63, 3.8) is 0 Å². The zero-order chi connectivity index (χ0) is 11.3. The van der Waals surface area contributed by atoms with Crippen molar-refractivity contribution in [2.24, 2.45) is 12.5 Å². The molecule has 1 N–H and O–H groups in total. The van der Waals surface area contributed by atoms with E-state index in [9.17, 15) is 0 Å². The van der Waals surface area contributed by atoms with E-state index in [1.54, 1.807) is 4.68 Å². The Labute approximate surface area is 96.0 Å². The Morgan fingerprint density at radius 1 is 1.53 bits per heavy atom. The van der Waals surface area contributed by atoms with Gasteiger partial charge in [-0.15, -0.1) is 16.7 Å². The lowest BCUT2D eigenvalue weighted by atomic mass is 9.90. The summed E-state index contributed by atoms with van der Waals surface area (Å²) in [5.41, 5.74) is 1.21. The molecule has 1 heterocycles. The number of nitrogens with one attached hydrogen (secondary N) is 1. The average molecular weight is 231 g/mol. The first-order valence-corrected chi connectivity index (χ1v) is 5.69. The summed E-state index contributed by atoms with van der Waals surface area (Å²) >= 11 is 5.73. The molecule has 0 aliphatic heterocycles. The first-order chi connectivity index (χ1) is 7.03. The number of halogens is 1. The molecular weight excluding hydrogens is 212 g/mol. The summed E-state index contributed by atoms with van der Waals surface area (Å²) in [6, 6.07) is 0. The Hall–Kier alpha value is -0.610. The lowest BCUT2D eigenvalue weighted by Crippen LogP contribution is -2.29. The fourth-order valence-corrected chi connectivity index (χ4v) is 1.86. The number of hydrogen-bond acceptors (Lipinski definition) is 3. The summed E-state index contributed by atoms with van der Waals surface area (Å²) < 4.78 is 1.71. The fraction of sp³-hybridized carbons (Fsp3) is 0.800. The van der Waals surface area contributed by atoms with Crippen molar-refractivity contribution in [3.8, 4) is 0 Å². The topological polar surface area (TPSA) is 42.7 Å². The van der Waals surface area contributed by atoms with Crippen LogP contribution in [0.15, 0.2) is 6.20 Å². The maximum absolute atomic E-state index is 5.73. The average Bonchev–Trinajstić information content (AvgIpc) is 2.51. The van der Waals surface area contributed by atoms with E-state index in [0.29, 0.717) is 5.88 Å². The van der Waals surface area contributed by atoms with Crippen LogP contribution in [0.5, 0.6) is 0 Å². The van der Waals surface area contributed by atoms with Crippen LogP contribution in [0.4, 0.5) is 0 Å². The minimum atomic E-state index is 0.240. The standard InChI is InChI=1S/C10H19ClN4/c1-10(2,4-5-11)8-12-6-9-7-15(3)14-13-9/h7,12H,4-6,8H2,1-3H3. The molecule has 0 bridgehead atoms. The molecular formula is C10H19ClN4. The van der Waals surface area contributed by atoms with Crippen molar-refractivity contribution < 1.29 is 0 Å². The quantitative estimate of drug-likeness (QED) is 0.755. The molecule has 0 saturated carbocycles. The molecule has 0 saturated heterocycles. The summed E-state index contributed by atoms with van der Waals surface area (Å²) in [5.74, 6) is 0.708. The Kier molecular flexibility index (Phi) is 4.54. The fourth-order valence-electron chi connectivity index (χ4n) is 1.35. The van der Waals surface area contributed by atoms with Crippen LogP contribution in [0.25, 0.3) is 0 Å². The zero-order valence-electron chi connectivity index (χ0n) is 9.63. The Balaban J connectivity index is 2.27. The number of aromatic nitrogens is 3. The molecule has 4 nitrogen and oxygen atoms in total. The van der Waals surface area contributed by atoms with Gasteiger partial charge in [-0.05, 0) is 11.8 Å². The molecule has 1 rings (SSSR count). The molecule has 15 heavy (non-hydrogen) atoms. The van der Waals surface area contributed by atoms with Crippen molar-refractivity contribution >= 4 is 11.6 Å². The van der Waals surface area contributed by atoms with Gasteiger partial charge in [0, 0.05) is 32.2 Å². The van der Waals surface area contributed by atoms with E-state index in [2.05, 4.69) is 29.5 Å².